The van der Waals surface area contributed by atoms with Crippen molar-refractivity contribution in [2.45, 2.75) is 32.6 Å². The lowest BCUT2D eigenvalue weighted by Crippen LogP contribution is -2.27. The van der Waals surface area contributed by atoms with Crippen LogP contribution in [0.25, 0.3) is 27.7 Å². The molecule has 0 spiro atoms. The topological polar surface area (TPSA) is 77.1 Å². The van der Waals surface area contributed by atoms with E-state index in [2.05, 4.69) is 20.5 Å². The van der Waals surface area contributed by atoms with Crippen molar-refractivity contribution in [3.8, 4) is 11.3 Å². The summed E-state index contributed by atoms with van der Waals surface area (Å²) in [5.41, 5.74) is 0.0234. The molecule has 0 saturated carbocycles. The molecule has 0 aliphatic rings. The predicted octanol–water partition coefficient (Wildman–Crippen LogP) is 5.28. The second-order valence-electron chi connectivity index (χ2n) is 8.14. The number of carbonyl (C=O) groups excluding carboxylic acids is 1. The van der Waals surface area contributed by atoms with E-state index in [1.165, 1.54) is 0 Å². The molecule has 178 valence electrons. The molecule has 3 heterocycles. The molecular formula is C25H21F3N6O. The van der Waals surface area contributed by atoms with E-state index < -0.39 is 23.8 Å². The Morgan fingerprint density at radius 2 is 1.89 bits per heavy atom. The van der Waals surface area contributed by atoms with E-state index in [-0.39, 0.29) is 16.9 Å². The fraction of sp³-hybridized carbons (Fsp3) is 0.200. The highest BCUT2D eigenvalue weighted by molar-refractivity contribution is 6.01. The first-order chi connectivity index (χ1) is 16.8. The number of hydrogen-bond acceptors (Lipinski definition) is 4. The van der Waals surface area contributed by atoms with E-state index in [1.54, 1.807) is 36.0 Å². The number of carbonyl (C=O) groups is 1. The number of halogens is 3. The van der Waals surface area contributed by atoms with Crippen molar-refractivity contribution in [1.82, 2.24) is 29.7 Å². The Bertz CT molecular complexity index is 1550. The second kappa shape index (κ2) is 8.53. The van der Waals surface area contributed by atoms with Crippen LogP contribution < -0.4 is 5.32 Å². The van der Waals surface area contributed by atoms with Crippen LogP contribution >= 0.6 is 0 Å². The fourth-order valence-electron chi connectivity index (χ4n) is 4.04. The lowest BCUT2D eigenvalue weighted by atomic mass is 10.0. The van der Waals surface area contributed by atoms with Crippen molar-refractivity contribution in [2.75, 3.05) is 0 Å². The Morgan fingerprint density at radius 1 is 1.11 bits per heavy atom. The molecule has 35 heavy (non-hydrogen) atoms. The van der Waals surface area contributed by atoms with Gasteiger partial charge < -0.3 is 5.32 Å². The van der Waals surface area contributed by atoms with Crippen LogP contribution in [-0.4, -0.2) is 30.3 Å². The van der Waals surface area contributed by atoms with Gasteiger partial charge in [0.05, 0.1) is 23.6 Å². The largest absolute Gasteiger partial charge is 0.433 e. The zero-order valence-electron chi connectivity index (χ0n) is 18.9. The van der Waals surface area contributed by atoms with Gasteiger partial charge >= 0.3 is 6.18 Å². The molecule has 1 amide bonds. The summed E-state index contributed by atoms with van der Waals surface area (Å²) < 4.78 is 44.4. The highest BCUT2D eigenvalue weighted by Crippen LogP contribution is 2.35. The normalized spacial score (nSPS) is 12.8. The molecule has 10 heteroatoms. The maximum Gasteiger partial charge on any atom is 0.433 e. The zero-order valence-corrected chi connectivity index (χ0v) is 18.9. The Balaban J connectivity index is 1.61. The molecular weight excluding hydrogens is 457 g/mol. The van der Waals surface area contributed by atoms with Crippen molar-refractivity contribution >= 4 is 22.3 Å². The number of hydrogen-bond donors (Lipinski definition) is 1. The molecule has 0 radical (unpaired) electrons. The van der Waals surface area contributed by atoms with Gasteiger partial charge in [-0.2, -0.15) is 23.4 Å². The molecule has 7 nitrogen and oxygen atoms in total. The molecule has 2 aromatic carbocycles. The van der Waals surface area contributed by atoms with E-state index in [4.69, 9.17) is 0 Å². The van der Waals surface area contributed by atoms with Crippen LogP contribution in [0, 0.1) is 0 Å². The zero-order chi connectivity index (χ0) is 24.7. The first-order valence-corrected chi connectivity index (χ1v) is 11.0. The van der Waals surface area contributed by atoms with Gasteiger partial charge in [-0.1, -0.05) is 42.5 Å². The summed E-state index contributed by atoms with van der Waals surface area (Å²) in [4.78, 5) is 17.5. The summed E-state index contributed by atoms with van der Waals surface area (Å²) in [6, 6.07) is 15.0. The summed E-state index contributed by atoms with van der Waals surface area (Å²) in [7, 11) is 0. The highest BCUT2D eigenvalue weighted by atomic mass is 19.4. The molecule has 0 fully saturated rings. The van der Waals surface area contributed by atoms with Crippen molar-refractivity contribution in [2.24, 2.45) is 0 Å². The van der Waals surface area contributed by atoms with Gasteiger partial charge in [0.15, 0.2) is 11.3 Å². The van der Waals surface area contributed by atoms with Crippen LogP contribution in [0.4, 0.5) is 13.2 Å². The lowest BCUT2D eigenvalue weighted by Gasteiger charge is -2.14. The fourth-order valence-corrected chi connectivity index (χ4v) is 4.04. The summed E-state index contributed by atoms with van der Waals surface area (Å²) in [6.07, 6.45) is -1.81. The maximum absolute atomic E-state index is 14.0. The first-order valence-electron chi connectivity index (χ1n) is 11.0. The SMILES string of the molecule is CCn1ccc(C(C)NC(=O)c2cnn3c(C(F)(F)F)cc(-c4cccc5ccccc45)nc23)n1. The van der Waals surface area contributed by atoms with Gasteiger partial charge in [-0.15, -0.1) is 0 Å². The van der Waals surface area contributed by atoms with Crippen molar-refractivity contribution in [3.63, 3.8) is 0 Å². The standard InChI is InChI=1S/C25H21F3N6O/c1-3-33-12-11-20(32-33)15(2)30-24(35)19-14-29-34-22(25(26,27)28)13-21(31-23(19)34)18-10-6-8-16-7-4-5-9-17(16)18/h4-15H,3H2,1-2H3,(H,30,35). The van der Waals surface area contributed by atoms with E-state index in [1.807, 2.05) is 37.3 Å². The first kappa shape index (κ1) is 22.6. The minimum absolute atomic E-state index is 0.0561. The second-order valence-corrected chi connectivity index (χ2v) is 8.14. The number of alkyl halides is 3. The van der Waals surface area contributed by atoms with Gasteiger partial charge in [0.25, 0.3) is 5.91 Å². The van der Waals surface area contributed by atoms with Gasteiger partial charge in [-0.05, 0) is 36.8 Å². The number of aryl methyl sites for hydroxylation is 1. The molecule has 5 rings (SSSR count). The Hall–Kier alpha value is -4.21. The van der Waals surface area contributed by atoms with Crippen molar-refractivity contribution in [3.05, 3.63) is 83.9 Å². The number of nitrogens with one attached hydrogen (secondary N) is 1. The van der Waals surface area contributed by atoms with Gasteiger partial charge in [-0.25, -0.2) is 9.50 Å². The average Bonchev–Trinajstić information content (AvgIpc) is 3.49. The van der Waals surface area contributed by atoms with Gasteiger partial charge in [0.1, 0.15) is 5.56 Å². The quantitative estimate of drug-likeness (QED) is 0.373. The average molecular weight is 478 g/mol. The molecule has 5 aromatic rings. The van der Waals surface area contributed by atoms with Gasteiger partial charge in [-0.3, -0.25) is 9.48 Å². The molecule has 3 aromatic heterocycles. The van der Waals surface area contributed by atoms with Crippen LogP contribution in [0.15, 0.2) is 67.0 Å². The molecule has 0 saturated heterocycles. The van der Waals surface area contributed by atoms with Crippen LogP contribution in [0.3, 0.4) is 0 Å². The van der Waals surface area contributed by atoms with E-state index >= 15 is 0 Å². The summed E-state index contributed by atoms with van der Waals surface area (Å²) in [6.45, 7) is 4.37. The number of rotatable bonds is 5. The Kier molecular flexibility index (Phi) is 5.50. The molecule has 1 atom stereocenters. The van der Waals surface area contributed by atoms with Crippen LogP contribution in [0.2, 0.25) is 0 Å². The highest BCUT2D eigenvalue weighted by Gasteiger charge is 2.36. The Morgan fingerprint density at radius 3 is 2.63 bits per heavy atom. The molecule has 0 aliphatic carbocycles. The monoisotopic (exact) mass is 478 g/mol. The third kappa shape index (κ3) is 4.11. The smallest absolute Gasteiger partial charge is 0.344 e. The van der Waals surface area contributed by atoms with Crippen LogP contribution in [-0.2, 0) is 12.7 Å². The summed E-state index contributed by atoms with van der Waals surface area (Å²) in [5.74, 6) is -0.589. The third-order valence-corrected chi connectivity index (χ3v) is 5.85. The maximum atomic E-state index is 14.0. The minimum Gasteiger partial charge on any atom is -0.344 e. The molecule has 1 N–H and O–H groups in total. The van der Waals surface area contributed by atoms with Crippen molar-refractivity contribution < 1.29 is 18.0 Å². The summed E-state index contributed by atoms with van der Waals surface area (Å²) in [5, 5.41) is 12.6. The number of fused-ring (bicyclic) bond motifs is 2. The van der Waals surface area contributed by atoms with E-state index in [9.17, 15) is 18.0 Å². The molecule has 1 unspecified atom stereocenters. The predicted molar refractivity (Wildman–Crippen MR) is 125 cm³/mol. The number of nitrogens with zero attached hydrogens (tertiary/aromatic N) is 5. The lowest BCUT2D eigenvalue weighted by molar-refractivity contribution is -0.142. The van der Waals surface area contributed by atoms with E-state index in [0.717, 1.165) is 23.0 Å². The van der Waals surface area contributed by atoms with E-state index in [0.29, 0.717) is 22.3 Å². The minimum atomic E-state index is -4.71. The van der Waals surface area contributed by atoms with Crippen molar-refractivity contribution in [1.29, 1.82) is 0 Å². The number of amides is 1. The van der Waals surface area contributed by atoms with Crippen LogP contribution in [0.1, 0.15) is 41.6 Å². The third-order valence-electron chi connectivity index (χ3n) is 5.85. The number of benzene rings is 2. The number of aromatic nitrogens is 5. The molecule has 0 bridgehead atoms. The summed E-state index contributed by atoms with van der Waals surface area (Å²) >= 11 is 0. The molecule has 0 aliphatic heterocycles. The van der Waals surface area contributed by atoms with Crippen LogP contribution in [0.5, 0.6) is 0 Å². The van der Waals surface area contributed by atoms with Gasteiger partial charge in [0.2, 0.25) is 0 Å². The van der Waals surface area contributed by atoms with Gasteiger partial charge in [0, 0.05) is 18.3 Å². The Labute approximate surface area is 198 Å².